The Labute approximate surface area is 154 Å². The number of rotatable bonds is 16. The highest BCUT2D eigenvalue weighted by Crippen LogP contribution is 2.08. The molecule has 4 nitrogen and oxygen atoms in total. The molecule has 0 aliphatic carbocycles. The van der Waals surface area contributed by atoms with Crippen LogP contribution >= 0.6 is 0 Å². The maximum absolute atomic E-state index is 12.0. The van der Waals surface area contributed by atoms with Gasteiger partial charge in [0, 0.05) is 0 Å². The highest BCUT2D eigenvalue weighted by atomic mass is 16.6. The van der Waals surface area contributed by atoms with Crippen LogP contribution in [0.1, 0.15) is 97.8 Å². The highest BCUT2D eigenvalue weighted by Gasteiger charge is 2.20. The molecule has 0 amide bonds. The molecule has 0 bridgehead atoms. The van der Waals surface area contributed by atoms with E-state index in [1.807, 2.05) is 0 Å². The van der Waals surface area contributed by atoms with Gasteiger partial charge >= 0.3 is 11.9 Å². The van der Waals surface area contributed by atoms with Gasteiger partial charge in [0.1, 0.15) is 5.57 Å². The minimum absolute atomic E-state index is 0.0111. The van der Waals surface area contributed by atoms with Gasteiger partial charge in [-0.25, -0.2) is 9.59 Å². The summed E-state index contributed by atoms with van der Waals surface area (Å²) in [6, 6.07) is 0. The molecule has 0 aromatic carbocycles. The quantitative estimate of drug-likeness (QED) is 0.117. The largest absolute Gasteiger partial charge is 0.462 e. The summed E-state index contributed by atoms with van der Waals surface area (Å²) < 4.78 is 10.4. The smallest absolute Gasteiger partial charge is 0.345 e. The molecule has 146 valence electrons. The molecule has 0 spiro atoms. The van der Waals surface area contributed by atoms with Crippen molar-refractivity contribution in [3.8, 4) is 0 Å². The van der Waals surface area contributed by atoms with Crippen LogP contribution in [0, 0.1) is 0 Å². The molecule has 0 unspecified atom stereocenters. The van der Waals surface area contributed by atoms with E-state index >= 15 is 0 Å². The fourth-order valence-corrected chi connectivity index (χ4v) is 2.57. The lowest BCUT2D eigenvalue weighted by Gasteiger charge is -2.08. The number of esters is 2. The van der Waals surface area contributed by atoms with Crippen LogP contribution in [0.4, 0.5) is 0 Å². The van der Waals surface area contributed by atoms with Gasteiger partial charge in [0.05, 0.1) is 13.2 Å². The van der Waals surface area contributed by atoms with Gasteiger partial charge < -0.3 is 9.47 Å². The fourth-order valence-electron chi connectivity index (χ4n) is 2.57. The average Bonchev–Trinajstić information content (AvgIpc) is 2.60. The second-order valence-electron chi connectivity index (χ2n) is 6.51. The number of unbranched alkanes of at least 4 members (excludes halogenated alkanes) is 10. The summed E-state index contributed by atoms with van der Waals surface area (Å²) in [6.07, 6.45) is 15.0. The van der Waals surface area contributed by atoms with Crippen LogP contribution in [0.3, 0.4) is 0 Å². The van der Waals surface area contributed by atoms with Crippen molar-refractivity contribution in [3.63, 3.8) is 0 Å². The Morgan fingerprint density at radius 1 is 0.640 bits per heavy atom. The summed E-state index contributed by atoms with van der Waals surface area (Å²) >= 11 is 0. The van der Waals surface area contributed by atoms with Gasteiger partial charge in [0.25, 0.3) is 0 Å². The maximum atomic E-state index is 12.0. The van der Waals surface area contributed by atoms with E-state index in [1.54, 1.807) is 6.92 Å². The first kappa shape index (κ1) is 23.7. The second-order valence-corrected chi connectivity index (χ2v) is 6.51. The molecule has 0 fully saturated rings. The van der Waals surface area contributed by atoms with Crippen molar-refractivity contribution in [3.05, 3.63) is 11.6 Å². The summed E-state index contributed by atoms with van der Waals surface area (Å²) in [6.45, 7) is 6.77. The fraction of sp³-hybridized carbons (Fsp3) is 0.810. The monoisotopic (exact) mass is 354 g/mol. The van der Waals surface area contributed by atoms with E-state index in [1.165, 1.54) is 57.4 Å². The molecule has 0 heterocycles. The molecule has 0 aromatic rings. The third-order valence-corrected chi connectivity index (χ3v) is 4.19. The lowest BCUT2D eigenvalue weighted by atomic mass is 10.1. The Bertz CT molecular complexity index is 342. The molecule has 0 aliphatic rings. The average molecular weight is 355 g/mol. The van der Waals surface area contributed by atoms with Crippen LogP contribution in [0.2, 0.25) is 0 Å². The Morgan fingerprint density at radius 2 is 1.00 bits per heavy atom. The van der Waals surface area contributed by atoms with Gasteiger partial charge in [-0.3, -0.25) is 0 Å². The molecule has 0 atom stereocenters. The first-order valence-electron chi connectivity index (χ1n) is 10.2. The van der Waals surface area contributed by atoms with Crippen LogP contribution in [0.25, 0.3) is 0 Å². The first-order valence-corrected chi connectivity index (χ1v) is 10.2. The van der Waals surface area contributed by atoms with Crippen molar-refractivity contribution >= 4 is 11.9 Å². The molecule has 0 N–H and O–H groups in total. The number of allylic oxidation sites excluding steroid dienone is 1. The van der Waals surface area contributed by atoms with Crippen LogP contribution < -0.4 is 0 Å². The van der Waals surface area contributed by atoms with Crippen LogP contribution in [-0.2, 0) is 19.1 Å². The lowest BCUT2D eigenvalue weighted by molar-refractivity contribution is -0.147. The predicted molar refractivity (Wildman–Crippen MR) is 102 cm³/mol. The molecule has 0 saturated carbocycles. The van der Waals surface area contributed by atoms with Gasteiger partial charge in [-0.05, 0) is 19.8 Å². The Kier molecular flexibility index (Phi) is 16.6. The number of hydrogen-bond donors (Lipinski definition) is 0. The third-order valence-electron chi connectivity index (χ3n) is 4.19. The maximum Gasteiger partial charge on any atom is 0.345 e. The zero-order chi connectivity index (χ0) is 18.8. The number of carbonyl (C=O) groups excluding carboxylic acids is 2. The van der Waals surface area contributed by atoms with Crippen molar-refractivity contribution in [2.45, 2.75) is 97.8 Å². The third kappa shape index (κ3) is 13.6. The molecule has 0 aliphatic heterocycles. The summed E-state index contributed by atoms with van der Waals surface area (Å²) in [5.41, 5.74) is 0.0111. The van der Waals surface area contributed by atoms with Crippen molar-refractivity contribution in [2.75, 3.05) is 13.2 Å². The van der Waals surface area contributed by atoms with E-state index in [0.717, 1.165) is 25.7 Å². The predicted octanol–water partition coefficient (Wildman–Crippen LogP) is 5.74. The molecule has 0 rings (SSSR count). The topological polar surface area (TPSA) is 52.6 Å². The summed E-state index contributed by atoms with van der Waals surface area (Å²) in [5.74, 6) is -1.13. The van der Waals surface area contributed by atoms with E-state index in [4.69, 9.17) is 9.47 Å². The summed E-state index contributed by atoms with van der Waals surface area (Å²) in [7, 11) is 0. The van der Waals surface area contributed by atoms with Crippen molar-refractivity contribution in [1.82, 2.24) is 0 Å². The molecule has 0 radical (unpaired) electrons. The number of hydrogen-bond acceptors (Lipinski definition) is 4. The van der Waals surface area contributed by atoms with Gasteiger partial charge in [0.15, 0.2) is 0 Å². The Balaban J connectivity index is 3.82. The second kappa shape index (κ2) is 17.5. The van der Waals surface area contributed by atoms with Crippen molar-refractivity contribution in [1.29, 1.82) is 0 Å². The van der Waals surface area contributed by atoms with Crippen LogP contribution in [-0.4, -0.2) is 25.2 Å². The van der Waals surface area contributed by atoms with Crippen molar-refractivity contribution < 1.29 is 19.1 Å². The summed E-state index contributed by atoms with van der Waals surface area (Å²) in [4.78, 5) is 23.9. The number of carbonyl (C=O) groups is 2. The molecule has 4 heteroatoms. The van der Waals surface area contributed by atoms with Crippen LogP contribution in [0.5, 0.6) is 0 Å². The Morgan fingerprint density at radius 3 is 1.36 bits per heavy atom. The van der Waals surface area contributed by atoms with Gasteiger partial charge in [-0.2, -0.15) is 0 Å². The van der Waals surface area contributed by atoms with Gasteiger partial charge in [-0.1, -0.05) is 84.1 Å². The highest BCUT2D eigenvalue weighted by molar-refractivity contribution is 6.13. The van der Waals surface area contributed by atoms with E-state index in [9.17, 15) is 9.59 Å². The molecular weight excluding hydrogens is 316 g/mol. The molecular formula is C21H38O4. The minimum atomic E-state index is -0.566. The molecule has 0 saturated heterocycles. The van der Waals surface area contributed by atoms with E-state index in [2.05, 4.69) is 13.8 Å². The van der Waals surface area contributed by atoms with Crippen LogP contribution in [0.15, 0.2) is 11.6 Å². The van der Waals surface area contributed by atoms with Gasteiger partial charge in [-0.15, -0.1) is 0 Å². The first-order chi connectivity index (χ1) is 12.2. The van der Waals surface area contributed by atoms with E-state index in [0.29, 0.717) is 13.2 Å². The number of ether oxygens (including phenoxy) is 2. The summed E-state index contributed by atoms with van der Waals surface area (Å²) in [5, 5.41) is 0. The van der Waals surface area contributed by atoms with Crippen molar-refractivity contribution in [2.24, 2.45) is 0 Å². The lowest BCUT2D eigenvalue weighted by Crippen LogP contribution is -2.19. The van der Waals surface area contributed by atoms with E-state index in [-0.39, 0.29) is 5.57 Å². The SMILES string of the molecule is CC=C(C(=O)OCCCCCCCC)C(=O)OCCCCCCCC. The Hall–Kier alpha value is -1.32. The van der Waals surface area contributed by atoms with Gasteiger partial charge in [0.2, 0.25) is 0 Å². The van der Waals surface area contributed by atoms with E-state index < -0.39 is 11.9 Å². The molecule has 0 aromatic heterocycles. The zero-order valence-corrected chi connectivity index (χ0v) is 16.6. The zero-order valence-electron chi connectivity index (χ0n) is 16.6. The molecule has 25 heavy (non-hydrogen) atoms. The normalized spacial score (nSPS) is 10.4. The standard InChI is InChI=1S/C21H38O4/c1-4-7-9-11-13-15-17-24-20(22)19(6-3)21(23)25-18-16-14-12-10-8-5-2/h6H,4-5,7-18H2,1-3H3. The minimum Gasteiger partial charge on any atom is -0.462 e.